The highest BCUT2D eigenvalue weighted by Gasteiger charge is 2.19. The Morgan fingerprint density at radius 3 is 2.65 bits per heavy atom. The summed E-state index contributed by atoms with van der Waals surface area (Å²) in [4.78, 5) is 10.1. The fourth-order valence-corrected chi connectivity index (χ4v) is 3.32. The Hall–Kier alpha value is -1.37. The second-order valence-corrected chi connectivity index (χ2v) is 5.94. The van der Waals surface area contributed by atoms with E-state index >= 15 is 0 Å². The third-order valence-electron chi connectivity index (χ3n) is 2.65. The maximum absolute atomic E-state index is 12.3. The van der Waals surface area contributed by atoms with Crippen LogP contribution in [0.2, 0.25) is 0 Å². The summed E-state index contributed by atoms with van der Waals surface area (Å²) in [7, 11) is -3.39. The van der Waals surface area contributed by atoms with Crippen LogP contribution in [0.25, 0.3) is 10.8 Å². The number of hydrogen-bond acceptors (Lipinski definition) is 1. The van der Waals surface area contributed by atoms with Gasteiger partial charge in [-0.3, -0.25) is 4.57 Å². The highest BCUT2D eigenvalue weighted by atomic mass is 31.2. The van der Waals surface area contributed by atoms with Crippen LogP contribution in [0.3, 0.4) is 0 Å². The first-order valence-electron chi connectivity index (χ1n) is 5.63. The van der Waals surface area contributed by atoms with Crippen LogP contribution in [-0.2, 0) is 4.57 Å². The quantitative estimate of drug-likeness (QED) is 0.839. The molecule has 2 nitrogen and oxygen atoms in total. The van der Waals surface area contributed by atoms with Gasteiger partial charge < -0.3 is 4.89 Å². The minimum atomic E-state index is -3.39. The van der Waals surface area contributed by atoms with E-state index in [0.717, 1.165) is 17.2 Å². The summed E-state index contributed by atoms with van der Waals surface area (Å²) in [6.45, 7) is 1.94. The molecule has 0 radical (unpaired) electrons. The van der Waals surface area contributed by atoms with Crippen molar-refractivity contribution < 1.29 is 9.46 Å². The zero-order chi connectivity index (χ0) is 12.3. The average Bonchev–Trinajstić information content (AvgIpc) is 2.36. The van der Waals surface area contributed by atoms with Gasteiger partial charge in [-0.25, -0.2) is 0 Å². The highest BCUT2D eigenvalue weighted by molar-refractivity contribution is 7.69. The van der Waals surface area contributed by atoms with E-state index < -0.39 is 7.37 Å². The average molecular weight is 246 g/mol. The van der Waals surface area contributed by atoms with Crippen molar-refractivity contribution in [3.63, 3.8) is 0 Å². The lowest BCUT2D eigenvalue weighted by atomic mass is 10.1. The van der Waals surface area contributed by atoms with Crippen LogP contribution in [0.15, 0.2) is 54.4 Å². The van der Waals surface area contributed by atoms with E-state index in [4.69, 9.17) is 0 Å². The largest absolute Gasteiger partial charge is 0.338 e. The molecule has 88 valence electrons. The Kier molecular flexibility index (Phi) is 3.46. The fourth-order valence-electron chi connectivity index (χ4n) is 1.82. The first kappa shape index (κ1) is 12.1. The first-order chi connectivity index (χ1) is 8.15. The molecule has 0 aliphatic rings. The predicted octanol–water partition coefficient (Wildman–Crippen LogP) is 3.66. The van der Waals surface area contributed by atoms with Crippen molar-refractivity contribution in [1.82, 2.24) is 0 Å². The van der Waals surface area contributed by atoms with Crippen molar-refractivity contribution in [2.24, 2.45) is 0 Å². The highest BCUT2D eigenvalue weighted by Crippen LogP contribution is 2.43. The maximum atomic E-state index is 12.3. The van der Waals surface area contributed by atoms with Gasteiger partial charge in [0.15, 0.2) is 0 Å². The molecule has 1 atom stereocenters. The first-order valence-corrected chi connectivity index (χ1v) is 7.36. The van der Waals surface area contributed by atoms with Gasteiger partial charge >= 0.3 is 0 Å². The molecule has 1 unspecified atom stereocenters. The Morgan fingerprint density at radius 2 is 1.88 bits per heavy atom. The maximum Gasteiger partial charge on any atom is 0.252 e. The molecule has 17 heavy (non-hydrogen) atoms. The van der Waals surface area contributed by atoms with E-state index in [0.29, 0.717) is 5.30 Å². The van der Waals surface area contributed by atoms with E-state index in [1.165, 1.54) is 5.82 Å². The molecule has 2 aromatic carbocycles. The summed E-state index contributed by atoms with van der Waals surface area (Å²) < 4.78 is 12.3. The monoisotopic (exact) mass is 246 g/mol. The zero-order valence-corrected chi connectivity index (χ0v) is 10.6. The molecule has 0 bridgehead atoms. The van der Waals surface area contributed by atoms with E-state index in [-0.39, 0.29) is 0 Å². The number of benzene rings is 2. The van der Waals surface area contributed by atoms with Gasteiger partial charge in [0.05, 0.1) is 0 Å². The molecule has 0 aromatic heterocycles. The third-order valence-corrected chi connectivity index (χ3v) is 4.35. The Morgan fingerprint density at radius 1 is 1.18 bits per heavy atom. The number of hydrogen-bond donors (Lipinski definition) is 1. The van der Waals surface area contributed by atoms with Crippen LogP contribution in [-0.4, -0.2) is 4.89 Å². The van der Waals surface area contributed by atoms with Crippen molar-refractivity contribution in [2.45, 2.75) is 13.3 Å². The summed E-state index contributed by atoms with van der Waals surface area (Å²) >= 11 is 0. The molecule has 0 saturated heterocycles. The predicted molar refractivity (Wildman–Crippen MR) is 72.8 cm³/mol. The van der Waals surface area contributed by atoms with Gasteiger partial charge in [-0.2, -0.15) is 0 Å². The van der Waals surface area contributed by atoms with Crippen LogP contribution in [0.4, 0.5) is 0 Å². The minimum Gasteiger partial charge on any atom is -0.338 e. The van der Waals surface area contributed by atoms with Crippen molar-refractivity contribution in [3.05, 3.63) is 54.4 Å². The van der Waals surface area contributed by atoms with Gasteiger partial charge in [0.1, 0.15) is 0 Å². The smallest absolute Gasteiger partial charge is 0.252 e. The lowest BCUT2D eigenvalue weighted by molar-refractivity contribution is 0.500. The minimum absolute atomic E-state index is 0.514. The number of fused-ring (bicyclic) bond motifs is 1. The Balaban J connectivity index is 2.63. The second-order valence-electron chi connectivity index (χ2n) is 3.91. The zero-order valence-electron chi connectivity index (χ0n) is 9.71. The van der Waals surface area contributed by atoms with E-state index in [1.807, 2.05) is 43.3 Å². The van der Waals surface area contributed by atoms with Crippen molar-refractivity contribution in [2.75, 3.05) is 0 Å². The molecule has 0 amide bonds. The summed E-state index contributed by atoms with van der Waals surface area (Å²) in [5.41, 5.74) is 0. The van der Waals surface area contributed by atoms with Gasteiger partial charge in [0, 0.05) is 11.1 Å². The van der Waals surface area contributed by atoms with Crippen LogP contribution < -0.4 is 5.30 Å². The van der Waals surface area contributed by atoms with Crippen LogP contribution >= 0.6 is 7.37 Å². The number of rotatable bonds is 3. The lowest BCUT2D eigenvalue weighted by Gasteiger charge is -2.10. The molecule has 0 saturated carbocycles. The fraction of sp³-hybridized carbons (Fsp3) is 0.143. The van der Waals surface area contributed by atoms with E-state index in [2.05, 4.69) is 0 Å². The van der Waals surface area contributed by atoms with Gasteiger partial charge in [-0.1, -0.05) is 49.4 Å². The molecule has 1 N–H and O–H groups in total. The molecule has 3 heteroatoms. The van der Waals surface area contributed by atoms with Crippen LogP contribution in [0, 0.1) is 0 Å². The van der Waals surface area contributed by atoms with Gasteiger partial charge in [0.25, 0.3) is 7.37 Å². The Labute approximate surface area is 101 Å². The lowest BCUT2D eigenvalue weighted by Crippen LogP contribution is -2.03. The molecule has 2 rings (SSSR count). The molecular formula is C14H15O2P. The SMILES string of the molecule is CCC=CP(=O)(O)c1cccc2ccccc12. The molecule has 0 aliphatic carbocycles. The summed E-state index contributed by atoms with van der Waals surface area (Å²) in [5, 5.41) is 2.35. The molecule has 0 aliphatic heterocycles. The van der Waals surface area contributed by atoms with Gasteiger partial charge in [0.2, 0.25) is 0 Å². The summed E-state index contributed by atoms with van der Waals surface area (Å²) in [6, 6.07) is 13.1. The molecule has 0 spiro atoms. The Bertz CT molecular complexity index is 597. The van der Waals surface area contributed by atoms with E-state index in [9.17, 15) is 9.46 Å². The van der Waals surface area contributed by atoms with Crippen LogP contribution in [0.5, 0.6) is 0 Å². The van der Waals surface area contributed by atoms with Gasteiger partial charge in [-0.05, 0) is 23.3 Å². The standard InChI is InChI=1S/C14H15O2P/c1-2-3-11-17(15,16)14-10-6-8-12-7-4-5-9-13(12)14/h3-11H,2H2,1H3,(H,15,16). The number of allylic oxidation sites excluding steroid dienone is 1. The van der Waals surface area contributed by atoms with Crippen molar-refractivity contribution in [3.8, 4) is 0 Å². The molecule has 0 fully saturated rings. The second kappa shape index (κ2) is 4.87. The van der Waals surface area contributed by atoms with Gasteiger partial charge in [-0.15, -0.1) is 0 Å². The van der Waals surface area contributed by atoms with Crippen LogP contribution in [0.1, 0.15) is 13.3 Å². The summed E-state index contributed by atoms with van der Waals surface area (Å²) in [6.07, 6.45) is 2.50. The molecular weight excluding hydrogens is 231 g/mol. The van der Waals surface area contributed by atoms with Crippen molar-refractivity contribution in [1.29, 1.82) is 0 Å². The molecule has 0 heterocycles. The summed E-state index contributed by atoms with van der Waals surface area (Å²) in [5.74, 6) is 1.43. The third kappa shape index (κ3) is 2.49. The normalized spacial score (nSPS) is 15.2. The topological polar surface area (TPSA) is 37.3 Å². The van der Waals surface area contributed by atoms with E-state index in [1.54, 1.807) is 12.1 Å². The van der Waals surface area contributed by atoms with Crippen molar-refractivity contribution >= 4 is 23.4 Å². The molecule has 2 aromatic rings.